The van der Waals surface area contributed by atoms with E-state index in [1.807, 2.05) is 0 Å². The van der Waals surface area contributed by atoms with Crippen LogP contribution in [0.1, 0.15) is 82.7 Å². The van der Waals surface area contributed by atoms with Crippen molar-refractivity contribution >= 4 is 34.0 Å². The predicted octanol–water partition coefficient (Wildman–Crippen LogP) is 13.5. The van der Waals surface area contributed by atoms with E-state index in [-0.39, 0.29) is 10.8 Å². The van der Waals surface area contributed by atoms with Gasteiger partial charge in [0, 0.05) is 40.1 Å². The molecule has 0 bridgehead atoms. The molecular formula is C47H52N2. The summed E-state index contributed by atoms with van der Waals surface area (Å²) in [5, 5.41) is 0. The van der Waals surface area contributed by atoms with E-state index < -0.39 is 0 Å². The highest BCUT2D eigenvalue weighted by Crippen LogP contribution is 2.41. The molecule has 0 spiro atoms. The maximum atomic E-state index is 2.44. The minimum absolute atomic E-state index is 0.113. The molecule has 0 saturated heterocycles. The molecule has 0 amide bonds. The third kappa shape index (κ3) is 7.60. The first-order chi connectivity index (χ1) is 23.3. The zero-order valence-corrected chi connectivity index (χ0v) is 30.9. The largest absolute Gasteiger partial charge is 0.314 e. The molecule has 250 valence electrons. The predicted molar refractivity (Wildman–Crippen MR) is 213 cm³/mol. The molecular weight excluding hydrogens is 593 g/mol. The van der Waals surface area contributed by atoms with Gasteiger partial charge in [-0.3, -0.25) is 0 Å². The number of allylic oxidation sites excluding steroid dienone is 4. The van der Waals surface area contributed by atoms with Gasteiger partial charge >= 0.3 is 0 Å². The van der Waals surface area contributed by atoms with E-state index in [1.165, 1.54) is 50.5 Å². The van der Waals surface area contributed by atoms with Crippen LogP contribution in [-0.2, 0) is 10.8 Å². The van der Waals surface area contributed by atoms with Crippen LogP contribution in [0.4, 0.5) is 28.4 Å². The Morgan fingerprint density at radius 3 is 1.16 bits per heavy atom. The van der Waals surface area contributed by atoms with Gasteiger partial charge in [0.1, 0.15) is 0 Å². The molecule has 0 aromatic heterocycles. The Hall–Kier alpha value is -4.82. The molecule has 5 aromatic rings. The third-order valence-electron chi connectivity index (χ3n) is 9.81. The Bertz CT molecular complexity index is 1930. The summed E-state index contributed by atoms with van der Waals surface area (Å²) in [5.74, 6) is 0.341. The fraction of sp³-hybridized carbons (Fsp3) is 0.277. The number of aryl methyl sites for hydroxylation is 2. The Labute approximate surface area is 295 Å². The zero-order chi connectivity index (χ0) is 34.9. The molecule has 1 unspecified atom stereocenters. The molecule has 2 nitrogen and oxygen atoms in total. The van der Waals surface area contributed by atoms with Gasteiger partial charge < -0.3 is 9.80 Å². The number of rotatable bonds is 7. The maximum Gasteiger partial charge on any atom is 0.0462 e. The number of hydrogen-bond donors (Lipinski definition) is 0. The van der Waals surface area contributed by atoms with Crippen LogP contribution in [0.15, 0.2) is 139 Å². The lowest BCUT2D eigenvalue weighted by atomic mass is 9.86. The van der Waals surface area contributed by atoms with E-state index in [0.717, 1.165) is 23.5 Å². The van der Waals surface area contributed by atoms with Gasteiger partial charge in [-0.2, -0.15) is 0 Å². The lowest BCUT2D eigenvalue weighted by molar-refractivity contribution is 0.590. The topological polar surface area (TPSA) is 6.48 Å². The summed E-state index contributed by atoms with van der Waals surface area (Å²) >= 11 is 0. The average Bonchev–Trinajstić information content (AvgIpc) is 3.07. The van der Waals surface area contributed by atoms with Crippen molar-refractivity contribution in [3.63, 3.8) is 0 Å². The van der Waals surface area contributed by atoms with Gasteiger partial charge in [-0.25, -0.2) is 0 Å². The van der Waals surface area contributed by atoms with Crippen molar-refractivity contribution in [2.75, 3.05) is 9.80 Å². The fourth-order valence-electron chi connectivity index (χ4n) is 6.69. The molecule has 5 aromatic carbocycles. The van der Waals surface area contributed by atoms with Crippen molar-refractivity contribution < 1.29 is 0 Å². The molecule has 0 radical (unpaired) electrons. The van der Waals surface area contributed by atoms with Crippen molar-refractivity contribution in [3.05, 3.63) is 167 Å². The summed E-state index contributed by atoms with van der Waals surface area (Å²) in [6.45, 7) is 20.3. The fourth-order valence-corrected chi connectivity index (χ4v) is 6.69. The van der Waals surface area contributed by atoms with Crippen molar-refractivity contribution in [2.24, 2.45) is 5.92 Å². The minimum Gasteiger partial charge on any atom is -0.314 e. The molecule has 6 rings (SSSR count). The monoisotopic (exact) mass is 644 g/mol. The number of benzene rings is 5. The van der Waals surface area contributed by atoms with Gasteiger partial charge in [0.2, 0.25) is 0 Å². The van der Waals surface area contributed by atoms with E-state index >= 15 is 0 Å². The van der Waals surface area contributed by atoms with Crippen molar-refractivity contribution in [3.8, 4) is 0 Å². The summed E-state index contributed by atoms with van der Waals surface area (Å²) in [7, 11) is 0. The molecule has 0 saturated carbocycles. The van der Waals surface area contributed by atoms with Crippen LogP contribution in [0.3, 0.4) is 0 Å². The summed E-state index contributed by atoms with van der Waals surface area (Å²) < 4.78 is 0. The molecule has 0 N–H and O–H groups in total. The van der Waals surface area contributed by atoms with Gasteiger partial charge in [-0.1, -0.05) is 126 Å². The second-order valence-electron chi connectivity index (χ2n) is 15.9. The SMILES string of the molecule is Cc1ccc(N(C2=CC=C(c3ccc(N(c4ccc(C)cc4)c4ccc(C(C)(C)C)cc4)cc3)CC2C)c2ccc(C(C)(C)C)cc2)cc1. The van der Waals surface area contributed by atoms with E-state index in [2.05, 4.69) is 206 Å². The first-order valence-corrected chi connectivity index (χ1v) is 17.7. The van der Waals surface area contributed by atoms with Gasteiger partial charge in [0.15, 0.2) is 0 Å². The molecule has 2 heteroatoms. The van der Waals surface area contributed by atoms with Gasteiger partial charge in [-0.15, -0.1) is 0 Å². The van der Waals surface area contributed by atoms with Crippen LogP contribution in [-0.4, -0.2) is 0 Å². The van der Waals surface area contributed by atoms with Crippen LogP contribution in [0.25, 0.3) is 5.57 Å². The smallest absolute Gasteiger partial charge is 0.0462 e. The Morgan fingerprint density at radius 1 is 0.449 bits per heavy atom. The zero-order valence-electron chi connectivity index (χ0n) is 30.9. The Balaban J connectivity index is 1.33. The average molecular weight is 645 g/mol. The Morgan fingerprint density at radius 2 is 0.796 bits per heavy atom. The summed E-state index contributed by atoms with van der Waals surface area (Å²) in [6.07, 6.45) is 5.64. The minimum atomic E-state index is 0.113. The molecule has 49 heavy (non-hydrogen) atoms. The third-order valence-corrected chi connectivity index (χ3v) is 9.81. The van der Waals surface area contributed by atoms with Crippen LogP contribution in [0.5, 0.6) is 0 Å². The van der Waals surface area contributed by atoms with E-state index in [4.69, 9.17) is 0 Å². The van der Waals surface area contributed by atoms with Crippen LogP contribution in [0, 0.1) is 19.8 Å². The van der Waals surface area contributed by atoms with Crippen molar-refractivity contribution in [1.29, 1.82) is 0 Å². The highest BCUT2D eigenvalue weighted by Gasteiger charge is 2.25. The molecule has 1 atom stereocenters. The van der Waals surface area contributed by atoms with Gasteiger partial charge in [0.05, 0.1) is 0 Å². The number of nitrogens with zero attached hydrogens (tertiary/aromatic N) is 2. The molecule has 0 fully saturated rings. The van der Waals surface area contributed by atoms with Crippen LogP contribution < -0.4 is 9.80 Å². The lowest BCUT2D eigenvalue weighted by Crippen LogP contribution is -2.23. The number of hydrogen-bond acceptors (Lipinski definition) is 2. The maximum absolute atomic E-state index is 2.44. The van der Waals surface area contributed by atoms with Crippen molar-refractivity contribution in [1.82, 2.24) is 0 Å². The first-order valence-electron chi connectivity index (χ1n) is 17.7. The van der Waals surface area contributed by atoms with Gasteiger partial charge in [-0.05, 0) is 120 Å². The Kier molecular flexibility index (Phi) is 9.45. The van der Waals surface area contributed by atoms with Crippen LogP contribution >= 0.6 is 0 Å². The van der Waals surface area contributed by atoms with E-state index in [0.29, 0.717) is 5.92 Å². The second kappa shape index (κ2) is 13.6. The van der Waals surface area contributed by atoms with E-state index in [1.54, 1.807) is 0 Å². The lowest BCUT2D eigenvalue weighted by Gasteiger charge is -2.34. The quantitative estimate of drug-likeness (QED) is 0.174. The first kappa shape index (κ1) is 34.1. The summed E-state index contributed by atoms with van der Waals surface area (Å²) in [5.41, 5.74) is 15.3. The van der Waals surface area contributed by atoms with Gasteiger partial charge in [0.25, 0.3) is 0 Å². The highest BCUT2D eigenvalue weighted by atomic mass is 15.2. The molecule has 1 aliphatic carbocycles. The molecule has 0 heterocycles. The second-order valence-corrected chi connectivity index (χ2v) is 15.9. The van der Waals surface area contributed by atoms with E-state index in [9.17, 15) is 0 Å². The number of anilines is 5. The van der Waals surface area contributed by atoms with Crippen LogP contribution in [0.2, 0.25) is 0 Å². The highest BCUT2D eigenvalue weighted by molar-refractivity contribution is 5.79. The molecule has 1 aliphatic rings. The summed E-state index contributed by atoms with van der Waals surface area (Å²) in [6, 6.07) is 45.0. The summed E-state index contributed by atoms with van der Waals surface area (Å²) in [4.78, 5) is 4.80. The van der Waals surface area contributed by atoms with Crippen molar-refractivity contribution in [2.45, 2.75) is 79.6 Å². The normalized spacial score (nSPS) is 15.0. The molecule has 0 aliphatic heterocycles. The standard InChI is InChI=1S/C47H52N2/c1-33-10-21-40(22-11-33)48(42-27-17-38(18-28-42)46(4,5)6)41-25-14-36(15-26-41)37-16-31-45(35(3)32-37)49(43-23-12-34(2)13-24-43)44-29-19-39(20-30-44)47(7,8)9/h10-31,35H,32H2,1-9H3.